The number of halogens is 3. The molecule has 134 valence electrons. The Hall–Kier alpha value is -2.07. The molecule has 0 heterocycles. The number of aryl methyl sites for hydroxylation is 3. The minimum atomic E-state index is -4.34. The molecule has 0 saturated heterocycles. The van der Waals surface area contributed by atoms with Crippen molar-refractivity contribution in [1.29, 1.82) is 0 Å². The lowest BCUT2D eigenvalue weighted by molar-refractivity contribution is -0.139. The van der Waals surface area contributed by atoms with Crippen molar-refractivity contribution in [1.82, 2.24) is 0 Å². The number of allylic oxidation sites excluding steroid dienone is 1. The van der Waals surface area contributed by atoms with Gasteiger partial charge in [0.2, 0.25) is 0 Å². The molecule has 2 N–H and O–H groups in total. The van der Waals surface area contributed by atoms with E-state index >= 15 is 0 Å². The van der Waals surface area contributed by atoms with Crippen molar-refractivity contribution in [2.75, 3.05) is 0 Å². The highest BCUT2D eigenvalue weighted by atomic mass is 19.4. The maximum atomic E-state index is 13.6. The van der Waals surface area contributed by atoms with Crippen LogP contribution in [0.2, 0.25) is 0 Å². The summed E-state index contributed by atoms with van der Waals surface area (Å²) in [5.74, 6) is -1.63. The maximum absolute atomic E-state index is 13.6. The van der Waals surface area contributed by atoms with E-state index in [0.29, 0.717) is 6.54 Å². The van der Waals surface area contributed by atoms with Crippen LogP contribution in [0.1, 0.15) is 44.9 Å². The first-order chi connectivity index (χ1) is 11.6. The summed E-state index contributed by atoms with van der Waals surface area (Å²) in [5, 5.41) is 0. The smallest absolute Gasteiger partial charge is 0.326 e. The summed E-state index contributed by atoms with van der Waals surface area (Å²) in [6, 6.07) is 8.78. The average molecular weight is 347 g/mol. The van der Waals surface area contributed by atoms with E-state index in [4.69, 9.17) is 5.73 Å². The van der Waals surface area contributed by atoms with E-state index in [2.05, 4.69) is 0 Å². The second kappa shape index (κ2) is 7.44. The number of alkyl halides is 3. The van der Waals surface area contributed by atoms with Crippen LogP contribution < -0.4 is 5.73 Å². The van der Waals surface area contributed by atoms with Gasteiger partial charge in [0, 0.05) is 6.54 Å². The molecule has 2 aromatic carbocycles. The molecule has 4 heteroatoms. The fourth-order valence-corrected chi connectivity index (χ4v) is 2.92. The standard InChI is InChI=1S/C21H24F3N/c1-13-10-19(11-14(2)16(13)4)20(21(22,23)24)8-6-17-5-7-18(12-25)15(3)9-17/h5-11,20H,12,25H2,1-4H3/b8-6+. The number of rotatable bonds is 4. The molecule has 0 bridgehead atoms. The van der Waals surface area contributed by atoms with Crippen LogP contribution in [0.5, 0.6) is 0 Å². The maximum Gasteiger partial charge on any atom is 0.399 e. The topological polar surface area (TPSA) is 26.0 Å². The van der Waals surface area contributed by atoms with E-state index < -0.39 is 12.1 Å². The Morgan fingerprint density at radius 1 is 0.960 bits per heavy atom. The van der Waals surface area contributed by atoms with Crippen LogP contribution in [0.3, 0.4) is 0 Å². The van der Waals surface area contributed by atoms with Gasteiger partial charge in [-0.15, -0.1) is 0 Å². The van der Waals surface area contributed by atoms with E-state index in [1.807, 2.05) is 39.8 Å². The molecule has 0 radical (unpaired) electrons. The summed E-state index contributed by atoms with van der Waals surface area (Å²) in [6.45, 7) is 7.95. The molecule has 0 aromatic heterocycles. The third kappa shape index (κ3) is 4.51. The van der Waals surface area contributed by atoms with Crippen molar-refractivity contribution in [2.24, 2.45) is 5.73 Å². The Morgan fingerprint density at radius 2 is 1.56 bits per heavy atom. The second-order valence-corrected chi connectivity index (χ2v) is 6.55. The molecule has 0 saturated carbocycles. The minimum absolute atomic E-state index is 0.277. The van der Waals surface area contributed by atoms with Crippen LogP contribution in [-0.4, -0.2) is 6.18 Å². The van der Waals surface area contributed by atoms with Crippen LogP contribution in [0.15, 0.2) is 36.4 Å². The number of hydrogen-bond acceptors (Lipinski definition) is 1. The molecule has 2 aromatic rings. The largest absolute Gasteiger partial charge is 0.399 e. The minimum Gasteiger partial charge on any atom is -0.326 e. The van der Waals surface area contributed by atoms with Gasteiger partial charge in [-0.1, -0.05) is 42.5 Å². The summed E-state index contributed by atoms with van der Waals surface area (Å²) in [7, 11) is 0. The van der Waals surface area contributed by atoms with Crippen LogP contribution in [0.25, 0.3) is 6.08 Å². The van der Waals surface area contributed by atoms with Crippen molar-refractivity contribution in [3.05, 3.63) is 75.4 Å². The van der Waals surface area contributed by atoms with Crippen LogP contribution in [0.4, 0.5) is 13.2 Å². The summed E-state index contributed by atoms with van der Waals surface area (Å²) in [4.78, 5) is 0. The molecule has 0 aliphatic heterocycles. The first kappa shape index (κ1) is 19.3. The Labute approximate surface area is 147 Å². The Kier molecular flexibility index (Phi) is 5.73. The molecule has 0 aliphatic carbocycles. The van der Waals surface area contributed by atoms with Crippen molar-refractivity contribution in [3.8, 4) is 0 Å². The van der Waals surface area contributed by atoms with Gasteiger partial charge in [0.15, 0.2) is 0 Å². The third-order valence-electron chi connectivity index (χ3n) is 4.73. The van der Waals surface area contributed by atoms with E-state index in [1.165, 1.54) is 12.2 Å². The first-order valence-electron chi connectivity index (χ1n) is 8.25. The molecule has 1 nitrogen and oxygen atoms in total. The average Bonchev–Trinajstić information content (AvgIpc) is 2.51. The van der Waals surface area contributed by atoms with Gasteiger partial charge >= 0.3 is 6.18 Å². The van der Waals surface area contributed by atoms with Crippen LogP contribution in [0, 0.1) is 27.7 Å². The molecule has 2 rings (SSSR count). The number of nitrogens with two attached hydrogens (primary N) is 1. The quantitative estimate of drug-likeness (QED) is 0.750. The molecule has 0 fully saturated rings. The van der Waals surface area contributed by atoms with Gasteiger partial charge in [-0.3, -0.25) is 0 Å². The van der Waals surface area contributed by atoms with Gasteiger partial charge in [-0.05, 0) is 66.6 Å². The molecular weight excluding hydrogens is 323 g/mol. The highest BCUT2D eigenvalue weighted by Gasteiger charge is 2.39. The molecule has 0 spiro atoms. The zero-order valence-corrected chi connectivity index (χ0v) is 15.0. The molecule has 1 atom stereocenters. The van der Waals surface area contributed by atoms with Crippen LogP contribution >= 0.6 is 0 Å². The second-order valence-electron chi connectivity index (χ2n) is 6.55. The van der Waals surface area contributed by atoms with Crippen molar-refractivity contribution in [2.45, 2.75) is 46.3 Å². The van der Waals surface area contributed by atoms with Gasteiger partial charge in [0.1, 0.15) is 0 Å². The number of hydrogen-bond donors (Lipinski definition) is 1. The van der Waals surface area contributed by atoms with Crippen LogP contribution in [-0.2, 0) is 6.54 Å². The predicted octanol–water partition coefficient (Wildman–Crippen LogP) is 5.74. The zero-order chi connectivity index (χ0) is 18.8. The Balaban J connectivity index is 2.41. The van der Waals surface area contributed by atoms with E-state index in [0.717, 1.165) is 33.4 Å². The normalized spacial score (nSPS) is 13.4. The number of benzene rings is 2. The molecule has 0 aliphatic rings. The van der Waals surface area contributed by atoms with E-state index in [-0.39, 0.29) is 5.56 Å². The third-order valence-corrected chi connectivity index (χ3v) is 4.73. The van der Waals surface area contributed by atoms with E-state index in [1.54, 1.807) is 18.2 Å². The van der Waals surface area contributed by atoms with Gasteiger partial charge < -0.3 is 5.73 Å². The molecule has 0 amide bonds. The highest BCUT2D eigenvalue weighted by molar-refractivity contribution is 5.54. The lowest BCUT2D eigenvalue weighted by atomic mass is 9.91. The highest BCUT2D eigenvalue weighted by Crippen LogP contribution is 2.37. The monoisotopic (exact) mass is 347 g/mol. The fourth-order valence-electron chi connectivity index (χ4n) is 2.92. The molecular formula is C21H24F3N. The van der Waals surface area contributed by atoms with Crippen molar-refractivity contribution < 1.29 is 13.2 Å². The first-order valence-corrected chi connectivity index (χ1v) is 8.25. The van der Waals surface area contributed by atoms with Gasteiger partial charge in [-0.25, -0.2) is 0 Å². The molecule has 1 unspecified atom stereocenters. The molecule has 25 heavy (non-hydrogen) atoms. The lowest BCUT2D eigenvalue weighted by Gasteiger charge is -2.19. The summed E-state index contributed by atoms with van der Waals surface area (Å²) >= 11 is 0. The lowest BCUT2D eigenvalue weighted by Crippen LogP contribution is -2.19. The Morgan fingerprint density at radius 3 is 2.04 bits per heavy atom. The zero-order valence-electron chi connectivity index (χ0n) is 15.0. The Bertz CT molecular complexity index is 765. The summed E-state index contributed by atoms with van der Waals surface area (Å²) in [5.41, 5.74) is 11.4. The summed E-state index contributed by atoms with van der Waals surface area (Å²) in [6.07, 6.45) is -1.56. The van der Waals surface area contributed by atoms with Gasteiger partial charge in [0.25, 0.3) is 0 Å². The van der Waals surface area contributed by atoms with Gasteiger partial charge in [0.05, 0.1) is 5.92 Å². The van der Waals surface area contributed by atoms with Crippen molar-refractivity contribution in [3.63, 3.8) is 0 Å². The van der Waals surface area contributed by atoms with Crippen molar-refractivity contribution >= 4 is 6.08 Å². The fraction of sp³-hybridized carbons (Fsp3) is 0.333. The van der Waals surface area contributed by atoms with E-state index in [9.17, 15) is 13.2 Å². The SMILES string of the molecule is Cc1cc(/C=C/C(c2cc(C)c(C)c(C)c2)C(F)(F)F)ccc1CN. The van der Waals surface area contributed by atoms with Gasteiger partial charge in [-0.2, -0.15) is 13.2 Å². The predicted molar refractivity (Wildman–Crippen MR) is 97.6 cm³/mol. The summed E-state index contributed by atoms with van der Waals surface area (Å²) < 4.78 is 40.8.